The van der Waals surface area contributed by atoms with Gasteiger partial charge < -0.3 is 5.32 Å². The number of anilines is 1. The molecular weight excluding hydrogens is 331 g/mol. The number of halogens is 2. The van der Waals surface area contributed by atoms with Crippen molar-refractivity contribution < 1.29 is 9.18 Å². The van der Waals surface area contributed by atoms with E-state index in [0.717, 1.165) is 18.5 Å². The Balaban J connectivity index is 1.55. The first kappa shape index (κ1) is 16.7. The van der Waals surface area contributed by atoms with Crippen LogP contribution in [-0.4, -0.2) is 40.2 Å². The molecule has 2 heterocycles. The second kappa shape index (κ2) is 7.15. The van der Waals surface area contributed by atoms with E-state index in [4.69, 9.17) is 11.6 Å². The van der Waals surface area contributed by atoms with Gasteiger partial charge in [0, 0.05) is 31.9 Å². The number of aryl methyl sites for hydroxylation is 1. The maximum absolute atomic E-state index is 13.0. The Kier molecular flexibility index (Phi) is 4.97. The Morgan fingerprint density at radius 3 is 2.92 bits per heavy atom. The van der Waals surface area contributed by atoms with Crippen molar-refractivity contribution in [2.45, 2.75) is 6.42 Å². The third kappa shape index (κ3) is 4.01. The average Bonchev–Trinajstić information content (AvgIpc) is 2.97. The Bertz CT molecular complexity index is 787. The van der Waals surface area contributed by atoms with Crippen molar-refractivity contribution in [1.29, 1.82) is 0 Å². The number of nitrogens with one attached hydrogen (secondary N) is 1. The van der Waals surface area contributed by atoms with E-state index >= 15 is 0 Å². The van der Waals surface area contributed by atoms with Gasteiger partial charge in [-0.25, -0.2) is 4.39 Å². The number of rotatable bonds is 4. The van der Waals surface area contributed by atoms with E-state index in [9.17, 15) is 9.18 Å². The second-order valence-electron chi connectivity index (χ2n) is 5.79. The average molecular weight is 349 g/mol. The molecule has 5 nitrogen and oxygen atoms in total. The van der Waals surface area contributed by atoms with Crippen LogP contribution in [0.3, 0.4) is 0 Å². The van der Waals surface area contributed by atoms with Gasteiger partial charge >= 0.3 is 0 Å². The molecule has 2 aromatic rings. The first-order valence-corrected chi connectivity index (χ1v) is 8.04. The van der Waals surface area contributed by atoms with Gasteiger partial charge in [-0.3, -0.25) is 14.4 Å². The van der Waals surface area contributed by atoms with Gasteiger partial charge in [0.05, 0.1) is 23.5 Å². The van der Waals surface area contributed by atoms with Crippen molar-refractivity contribution in [3.8, 4) is 0 Å². The van der Waals surface area contributed by atoms with Crippen LogP contribution in [0.4, 0.5) is 10.1 Å². The summed E-state index contributed by atoms with van der Waals surface area (Å²) in [7, 11) is 1.89. The summed E-state index contributed by atoms with van der Waals surface area (Å²) in [6.45, 7) is 1.77. The zero-order valence-electron chi connectivity index (χ0n) is 13.3. The van der Waals surface area contributed by atoms with Gasteiger partial charge in [-0.15, -0.1) is 0 Å². The van der Waals surface area contributed by atoms with Crippen molar-refractivity contribution in [1.82, 2.24) is 14.7 Å². The summed E-state index contributed by atoms with van der Waals surface area (Å²) in [5, 5.41) is 7.09. The quantitative estimate of drug-likeness (QED) is 0.924. The van der Waals surface area contributed by atoms with Crippen molar-refractivity contribution >= 4 is 28.8 Å². The van der Waals surface area contributed by atoms with Crippen LogP contribution in [-0.2, 0) is 11.8 Å². The molecule has 24 heavy (non-hydrogen) atoms. The summed E-state index contributed by atoms with van der Waals surface area (Å²) in [6.07, 6.45) is 6.84. The van der Waals surface area contributed by atoms with E-state index in [-0.39, 0.29) is 17.5 Å². The maximum atomic E-state index is 13.0. The van der Waals surface area contributed by atoms with E-state index < -0.39 is 5.82 Å². The molecule has 1 aliphatic heterocycles. The zero-order chi connectivity index (χ0) is 17.1. The molecule has 7 heteroatoms. The molecule has 0 spiro atoms. The summed E-state index contributed by atoms with van der Waals surface area (Å²) >= 11 is 5.92. The van der Waals surface area contributed by atoms with Crippen LogP contribution >= 0.6 is 11.6 Å². The van der Waals surface area contributed by atoms with Gasteiger partial charge in [0.15, 0.2) is 0 Å². The van der Waals surface area contributed by atoms with Gasteiger partial charge in [0.25, 0.3) is 0 Å². The number of hydrogen-bond donors (Lipinski definition) is 1. The highest BCUT2D eigenvalue weighted by Gasteiger charge is 2.17. The number of carbonyl (C=O) groups excluding carboxylic acids is 1. The fraction of sp³-hybridized carbons (Fsp3) is 0.294. The molecule has 1 aromatic carbocycles. The lowest BCUT2D eigenvalue weighted by Crippen LogP contribution is -2.36. The van der Waals surface area contributed by atoms with Gasteiger partial charge in [-0.05, 0) is 30.2 Å². The largest absolute Gasteiger partial charge is 0.324 e. The smallest absolute Gasteiger partial charge is 0.238 e. The molecule has 0 fully saturated rings. The van der Waals surface area contributed by atoms with Crippen molar-refractivity contribution in [3.05, 3.63) is 53.1 Å². The minimum absolute atomic E-state index is 0.165. The highest BCUT2D eigenvalue weighted by molar-refractivity contribution is 6.33. The van der Waals surface area contributed by atoms with Crippen LogP contribution in [0.5, 0.6) is 0 Å². The Hall–Kier alpha value is -2.18. The summed E-state index contributed by atoms with van der Waals surface area (Å²) in [5.74, 6) is -0.594. The predicted octanol–water partition coefficient (Wildman–Crippen LogP) is 2.94. The number of carbonyl (C=O) groups is 1. The summed E-state index contributed by atoms with van der Waals surface area (Å²) < 4.78 is 14.8. The van der Waals surface area contributed by atoms with E-state index in [2.05, 4.69) is 16.5 Å². The van der Waals surface area contributed by atoms with E-state index in [1.807, 2.05) is 24.3 Å². The molecular formula is C17H18ClFN4O. The number of amides is 1. The summed E-state index contributed by atoms with van der Waals surface area (Å²) in [5.41, 5.74) is 2.80. The lowest BCUT2D eigenvalue weighted by atomic mass is 10.0. The molecule has 1 aromatic heterocycles. The molecule has 0 saturated carbocycles. The third-order valence-corrected chi connectivity index (χ3v) is 4.25. The van der Waals surface area contributed by atoms with Crippen molar-refractivity contribution in [3.63, 3.8) is 0 Å². The Morgan fingerprint density at radius 2 is 2.29 bits per heavy atom. The Morgan fingerprint density at radius 1 is 1.46 bits per heavy atom. The van der Waals surface area contributed by atoms with Crippen LogP contribution in [0.25, 0.3) is 5.57 Å². The number of nitrogens with zero attached hydrogens (tertiary/aromatic N) is 3. The predicted molar refractivity (Wildman–Crippen MR) is 92.3 cm³/mol. The molecule has 1 aliphatic rings. The van der Waals surface area contributed by atoms with E-state index in [1.54, 1.807) is 4.68 Å². The van der Waals surface area contributed by atoms with Crippen LogP contribution in [0, 0.1) is 5.82 Å². The van der Waals surface area contributed by atoms with Crippen LogP contribution < -0.4 is 5.32 Å². The maximum Gasteiger partial charge on any atom is 0.238 e. The fourth-order valence-corrected chi connectivity index (χ4v) is 2.90. The minimum atomic E-state index is -0.429. The van der Waals surface area contributed by atoms with Crippen molar-refractivity contribution in [2.24, 2.45) is 7.05 Å². The monoisotopic (exact) mass is 348 g/mol. The molecule has 0 atom stereocenters. The highest BCUT2D eigenvalue weighted by atomic mass is 35.5. The first-order valence-electron chi connectivity index (χ1n) is 7.66. The van der Waals surface area contributed by atoms with Gasteiger partial charge in [-0.2, -0.15) is 5.10 Å². The molecule has 0 saturated heterocycles. The summed E-state index contributed by atoms with van der Waals surface area (Å²) in [4.78, 5) is 14.2. The fourth-order valence-electron chi connectivity index (χ4n) is 2.69. The van der Waals surface area contributed by atoms with Gasteiger partial charge in [0.2, 0.25) is 5.91 Å². The molecule has 1 amide bonds. The molecule has 1 N–H and O–H groups in total. The normalized spacial score (nSPS) is 15.2. The molecule has 126 valence electrons. The van der Waals surface area contributed by atoms with Crippen LogP contribution in [0.15, 0.2) is 36.7 Å². The number of hydrogen-bond acceptors (Lipinski definition) is 3. The molecule has 0 bridgehead atoms. The molecule has 0 unspecified atom stereocenters. The molecule has 3 rings (SSSR count). The lowest BCUT2D eigenvalue weighted by Gasteiger charge is -2.25. The first-order chi connectivity index (χ1) is 11.5. The summed E-state index contributed by atoms with van der Waals surface area (Å²) in [6, 6.07) is 3.92. The van der Waals surface area contributed by atoms with Gasteiger partial charge in [-0.1, -0.05) is 17.7 Å². The van der Waals surface area contributed by atoms with Crippen LogP contribution in [0.2, 0.25) is 5.02 Å². The van der Waals surface area contributed by atoms with Crippen molar-refractivity contribution in [2.75, 3.05) is 25.0 Å². The number of benzene rings is 1. The van der Waals surface area contributed by atoms with E-state index in [1.165, 1.54) is 23.8 Å². The Labute approximate surface area is 144 Å². The second-order valence-corrected chi connectivity index (χ2v) is 6.20. The third-order valence-electron chi connectivity index (χ3n) is 3.94. The molecule has 0 radical (unpaired) electrons. The topological polar surface area (TPSA) is 50.2 Å². The standard InChI is InChI=1S/C17H18ClFN4O/c1-22-10-13(9-20-22)12-4-6-23(7-5-12)11-17(24)21-16-3-2-14(19)8-15(16)18/h2-4,8-10H,5-7,11H2,1H3,(H,21,24). The van der Waals surface area contributed by atoms with E-state index in [0.29, 0.717) is 12.2 Å². The minimum Gasteiger partial charge on any atom is -0.324 e. The number of aromatic nitrogens is 2. The SMILES string of the molecule is Cn1cc(C2=CCN(CC(=O)Nc3ccc(F)cc3Cl)CC2)cn1. The lowest BCUT2D eigenvalue weighted by molar-refractivity contribution is -0.117. The highest BCUT2D eigenvalue weighted by Crippen LogP contribution is 2.23. The zero-order valence-corrected chi connectivity index (χ0v) is 14.1. The van der Waals surface area contributed by atoms with Crippen LogP contribution in [0.1, 0.15) is 12.0 Å². The van der Waals surface area contributed by atoms with Gasteiger partial charge in [0.1, 0.15) is 5.82 Å². The molecule has 0 aliphatic carbocycles.